The maximum absolute atomic E-state index is 4.96. The molecule has 4 aromatic rings. The number of fused-ring (bicyclic) bond motifs is 2. The van der Waals surface area contributed by atoms with Gasteiger partial charge < -0.3 is 0 Å². The van der Waals surface area contributed by atoms with Gasteiger partial charge in [-0.25, -0.2) is 0 Å². The Bertz CT molecular complexity index is 1250. The highest BCUT2D eigenvalue weighted by Gasteiger charge is 2.18. The van der Waals surface area contributed by atoms with Crippen LogP contribution in [0.3, 0.4) is 0 Å². The fourth-order valence-electron chi connectivity index (χ4n) is 4.86. The van der Waals surface area contributed by atoms with E-state index in [9.17, 15) is 0 Å². The van der Waals surface area contributed by atoms with Crippen molar-refractivity contribution in [2.45, 2.75) is 78.6 Å². The van der Waals surface area contributed by atoms with E-state index in [4.69, 9.17) is 4.98 Å². The van der Waals surface area contributed by atoms with Crippen LogP contribution in [0.2, 0.25) is 0 Å². The molecule has 2 heteroatoms. The molecule has 0 aliphatic heterocycles. The van der Waals surface area contributed by atoms with E-state index in [0.29, 0.717) is 23.7 Å². The smallest absolute Gasteiger partial charge is 0.0705 e. The van der Waals surface area contributed by atoms with Crippen LogP contribution in [0.5, 0.6) is 0 Å². The molecular weight excluding hydrogens is 388 g/mol. The Labute approximate surface area is 193 Å². The van der Waals surface area contributed by atoms with Crippen molar-refractivity contribution >= 4 is 21.7 Å². The molecule has 0 saturated heterocycles. The van der Waals surface area contributed by atoms with E-state index in [2.05, 4.69) is 102 Å². The zero-order valence-corrected chi connectivity index (χ0v) is 20.6. The Morgan fingerprint density at radius 1 is 0.688 bits per heavy atom. The summed E-state index contributed by atoms with van der Waals surface area (Å²) in [6.07, 6.45) is 4.94. The largest absolute Gasteiger partial charge is 0.260 e. The number of rotatable bonds is 6. The molecular formula is C30H36N2. The van der Waals surface area contributed by atoms with Crippen molar-refractivity contribution in [1.29, 1.82) is 0 Å². The van der Waals surface area contributed by atoms with E-state index in [0.717, 1.165) is 11.9 Å². The van der Waals surface area contributed by atoms with Crippen molar-refractivity contribution in [1.82, 2.24) is 9.97 Å². The fraction of sp³-hybridized carbons (Fsp3) is 0.400. The second kappa shape index (κ2) is 9.02. The van der Waals surface area contributed by atoms with Crippen molar-refractivity contribution in [3.05, 3.63) is 82.8 Å². The van der Waals surface area contributed by atoms with Gasteiger partial charge in [0.1, 0.15) is 0 Å². The zero-order valence-electron chi connectivity index (χ0n) is 20.6. The third-order valence-corrected chi connectivity index (χ3v) is 6.77. The second-order valence-corrected chi connectivity index (χ2v) is 10.2. The van der Waals surface area contributed by atoms with Gasteiger partial charge in [0.15, 0.2) is 0 Å². The molecule has 1 unspecified atom stereocenters. The second-order valence-electron chi connectivity index (χ2n) is 10.2. The first-order valence-corrected chi connectivity index (χ1v) is 12.1. The van der Waals surface area contributed by atoms with Crippen LogP contribution >= 0.6 is 0 Å². The number of hydrogen-bond acceptors (Lipinski definition) is 2. The van der Waals surface area contributed by atoms with Gasteiger partial charge in [-0.2, -0.15) is 0 Å². The number of pyridine rings is 2. The highest BCUT2D eigenvalue weighted by atomic mass is 14.7. The normalized spacial score (nSPS) is 13.1. The summed E-state index contributed by atoms with van der Waals surface area (Å²) in [6, 6.07) is 15.8. The van der Waals surface area contributed by atoms with Gasteiger partial charge in [-0.3, -0.25) is 9.97 Å². The number of hydrogen-bond donors (Lipinski definition) is 0. The standard InChI is InChI=1S/C30H36N2/c1-18(2)22-8-9-24-17-32-29(30(20(5)6)26(24)15-22)14-21(7)23-10-11-28-27(16-23)25(19(3)4)12-13-31-28/h8-13,15-21H,14H2,1-7H3. The minimum Gasteiger partial charge on any atom is -0.260 e. The Morgan fingerprint density at radius 3 is 2.09 bits per heavy atom. The van der Waals surface area contributed by atoms with E-state index in [1.807, 2.05) is 6.20 Å². The lowest BCUT2D eigenvalue weighted by Crippen LogP contribution is -2.07. The van der Waals surface area contributed by atoms with Crippen LogP contribution in [-0.2, 0) is 6.42 Å². The molecule has 0 bridgehead atoms. The Hall–Kier alpha value is -2.74. The highest BCUT2D eigenvalue weighted by Crippen LogP contribution is 2.34. The lowest BCUT2D eigenvalue weighted by atomic mass is 9.87. The van der Waals surface area contributed by atoms with Gasteiger partial charge in [-0.05, 0) is 75.9 Å². The van der Waals surface area contributed by atoms with Gasteiger partial charge in [0.05, 0.1) is 5.52 Å². The van der Waals surface area contributed by atoms with E-state index >= 15 is 0 Å². The van der Waals surface area contributed by atoms with Gasteiger partial charge in [-0.15, -0.1) is 0 Å². The molecule has 166 valence electrons. The van der Waals surface area contributed by atoms with Crippen LogP contribution in [0.4, 0.5) is 0 Å². The molecule has 0 radical (unpaired) electrons. The van der Waals surface area contributed by atoms with E-state index in [1.165, 1.54) is 44.1 Å². The quantitative estimate of drug-likeness (QED) is 0.310. The molecule has 0 N–H and O–H groups in total. The van der Waals surface area contributed by atoms with Crippen molar-refractivity contribution in [2.75, 3.05) is 0 Å². The Balaban J connectivity index is 1.76. The van der Waals surface area contributed by atoms with E-state index < -0.39 is 0 Å². The maximum atomic E-state index is 4.96. The molecule has 1 atom stereocenters. The first-order chi connectivity index (χ1) is 15.3. The van der Waals surface area contributed by atoms with Crippen LogP contribution in [0.15, 0.2) is 54.9 Å². The average molecular weight is 425 g/mol. The summed E-state index contributed by atoms with van der Waals surface area (Å²) in [5, 5.41) is 3.89. The Morgan fingerprint density at radius 2 is 1.41 bits per heavy atom. The predicted molar refractivity (Wildman–Crippen MR) is 138 cm³/mol. The molecule has 0 spiro atoms. The summed E-state index contributed by atoms with van der Waals surface area (Å²) < 4.78 is 0. The van der Waals surface area contributed by atoms with Crippen LogP contribution in [0.1, 0.15) is 100 Å². The molecule has 32 heavy (non-hydrogen) atoms. The number of aromatic nitrogens is 2. The first kappa shape index (κ1) is 22.5. The SMILES string of the molecule is CC(C)c1ccc2cnc(CC(C)c3ccc4nccc(C(C)C)c4c3)c(C(C)C)c2c1. The molecule has 0 saturated carbocycles. The van der Waals surface area contributed by atoms with Crippen molar-refractivity contribution in [3.8, 4) is 0 Å². The third-order valence-electron chi connectivity index (χ3n) is 6.77. The molecule has 0 aliphatic carbocycles. The number of nitrogens with zero attached hydrogens (tertiary/aromatic N) is 2. The van der Waals surface area contributed by atoms with E-state index in [-0.39, 0.29) is 0 Å². The lowest BCUT2D eigenvalue weighted by molar-refractivity contribution is 0.720. The molecule has 0 fully saturated rings. The van der Waals surface area contributed by atoms with Gasteiger partial charge in [0, 0.05) is 28.9 Å². The summed E-state index contributed by atoms with van der Waals surface area (Å²) in [7, 11) is 0. The van der Waals surface area contributed by atoms with Gasteiger partial charge in [0.2, 0.25) is 0 Å². The minimum absolute atomic E-state index is 0.385. The highest BCUT2D eigenvalue weighted by molar-refractivity contribution is 5.87. The monoisotopic (exact) mass is 424 g/mol. The van der Waals surface area contributed by atoms with Crippen LogP contribution < -0.4 is 0 Å². The van der Waals surface area contributed by atoms with E-state index in [1.54, 1.807) is 0 Å². The molecule has 0 amide bonds. The van der Waals surface area contributed by atoms with Gasteiger partial charge >= 0.3 is 0 Å². The van der Waals surface area contributed by atoms with Crippen molar-refractivity contribution in [3.63, 3.8) is 0 Å². The summed E-state index contributed by atoms with van der Waals surface area (Å²) in [4.78, 5) is 9.55. The topological polar surface area (TPSA) is 25.8 Å². The van der Waals surface area contributed by atoms with Crippen LogP contribution in [0, 0.1) is 0 Å². The maximum Gasteiger partial charge on any atom is 0.0705 e. The third kappa shape index (κ3) is 4.28. The molecule has 2 nitrogen and oxygen atoms in total. The average Bonchev–Trinajstić information content (AvgIpc) is 2.77. The number of benzene rings is 2. The Kier molecular flexibility index (Phi) is 6.33. The predicted octanol–water partition coefficient (Wildman–Crippen LogP) is 8.50. The minimum atomic E-state index is 0.385. The van der Waals surface area contributed by atoms with Gasteiger partial charge in [0.25, 0.3) is 0 Å². The summed E-state index contributed by atoms with van der Waals surface area (Å²) in [5.74, 6) is 1.83. The summed E-state index contributed by atoms with van der Waals surface area (Å²) in [6.45, 7) is 16.0. The van der Waals surface area contributed by atoms with Crippen molar-refractivity contribution in [2.24, 2.45) is 0 Å². The molecule has 4 rings (SSSR count). The zero-order chi connectivity index (χ0) is 23.0. The van der Waals surface area contributed by atoms with Crippen LogP contribution in [-0.4, -0.2) is 9.97 Å². The van der Waals surface area contributed by atoms with Crippen molar-refractivity contribution < 1.29 is 0 Å². The first-order valence-electron chi connectivity index (χ1n) is 12.1. The molecule has 2 heterocycles. The summed E-state index contributed by atoms with van der Waals surface area (Å²) >= 11 is 0. The molecule has 2 aromatic heterocycles. The fourth-order valence-corrected chi connectivity index (χ4v) is 4.86. The molecule has 0 aliphatic rings. The summed E-state index contributed by atoms with van der Waals surface area (Å²) in [5.41, 5.74) is 7.85. The van der Waals surface area contributed by atoms with Gasteiger partial charge in [-0.1, -0.05) is 72.7 Å². The molecule has 2 aromatic carbocycles. The lowest BCUT2D eigenvalue weighted by Gasteiger charge is -2.20. The van der Waals surface area contributed by atoms with Crippen LogP contribution in [0.25, 0.3) is 21.7 Å².